The Morgan fingerprint density at radius 2 is 2.20 bits per heavy atom. The van der Waals surface area contributed by atoms with E-state index in [0.717, 1.165) is 16.9 Å². The molecule has 0 fully saturated rings. The average Bonchev–Trinajstić information content (AvgIpc) is 2.83. The van der Waals surface area contributed by atoms with Gasteiger partial charge in [-0.3, -0.25) is 0 Å². The van der Waals surface area contributed by atoms with Crippen molar-refractivity contribution in [1.82, 2.24) is 4.98 Å². The van der Waals surface area contributed by atoms with E-state index in [9.17, 15) is 4.79 Å². The van der Waals surface area contributed by atoms with Crippen molar-refractivity contribution in [2.24, 2.45) is 0 Å². The number of methoxy groups -OCH3 is 2. The van der Waals surface area contributed by atoms with Crippen LogP contribution >= 0.6 is 22.9 Å². The van der Waals surface area contributed by atoms with Crippen LogP contribution in [-0.2, 0) is 11.3 Å². The zero-order chi connectivity index (χ0) is 14.7. The maximum absolute atomic E-state index is 11.2. The summed E-state index contributed by atoms with van der Waals surface area (Å²) in [5.41, 5.74) is 1.15. The second-order valence-corrected chi connectivity index (χ2v) is 5.29. The van der Waals surface area contributed by atoms with Crippen LogP contribution in [0.2, 0.25) is 5.02 Å². The molecule has 0 unspecified atom stereocenters. The Balaban J connectivity index is 2.44. The van der Waals surface area contributed by atoms with Gasteiger partial charge in [-0.2, -0.15) is 0 Å². The highest BCUT2D eigenvalue weighted by atomic mass is 35.5. The molecular weight excluding hydrogens is 302 g/mol. The number of aromatic nitrogens is 1. The van der Waals surface area contributed by atoms with Crippen molar-refractivity contribution < 1.29 is 19.4 Å². The molecule has 5 nitrogen and oxygen atoms in total. The van der Waals surface area contributed by atoms with E-state index < -0.39 is 5.97 Å². The highest BCUT2D eigenvalue weighted by Gasteiger charge is 2.18. The minimum absolute atomic E-state index is 0.155. The van der Waals surface area contributed by atoms with Gasteiger partial charge in [0.1, 0.15) is 15.6 Å². The number of hydrogen-bond donors (Lipinski definition) is 1. The monoisotopic (exact) mass is 313 g/mol. The number of nitrogens with zero attached hydrogens (tertiary/aromatic N) is 1. The molecule has 0 aliphatic heterocycles. The van der Waals surface area contributed by atoms with Crippen LogP contribution in [0, 0.1) is 0 Å². The number of hydrogen-bond acceptors (Lipinski definition) is 5. The van der Waals surface area contributed by atoms with E-state index in [4.69, 9.17) is 26.2 Å². The van der Waals surface area contributed by atoms with E-state index >= 15 is 0 Å². The van der Waals surface area contributed by atoms with Gasteiger partial charge in [-0.15, -0.1) is 11.3 Å². The summed E-state index contributed by atoms with van der Waals surface area (Å²) < 4.78 is 10.0. The Kier molecular flexibility index (Phi) is 4.59. The fourth-order valence-corrected chi connectivity index (χ4v) is 2.84. The van der Waals surface area contributed by atoms with Gasteiger partial charge >= 0.3 is 5.97 Å². The number of benzene rings is 1. The summed E-state index contributed by atoms with van der Waals surface area (Å²) >= 11 is 7.15. The number of carboxylic acids is 1. The maximum Gasteiger partial charge on any atom is 0.347 e. The van der Waals surface area contributed by atoms with Crippen LogP contribution in [0.3, 0.4) is 0 Å². The number of rotatable bonds is 5. The number of carbonyl (C=O) groups is 1. The maximum atomic E-state index is 11.2. The molecule has 1 N–H and O–H groups in total. The first-order valence-electron chi connectivity index (χ1n) is 5.62. The lowest BCUT2D eigenvalue weighted by Gasteiger charge is -2.03. The normalized spacial score (nSPS) is 10.6. The highest BCUT2D eigenvalue weighted by Crippen LogP contribution is 2.33. The molecule has 0 spiro atoms. The van der Waals surface area contributed by atoms with E-state index in [0.29, 0.717) is 21.5 Å². The molecule has 0 bridgehead atoms. The van der Waals surface area contributed by atoms with Crippen molar-refractivity contribution in [3.63, 3.8) is 0 Å². The van der Waals surface area contributed by atoms with Crippen LogP contribution in [-0.4, -0.2) is 30.3 Å². The van der Waals surface area contributed by atoms with Crippen LogP contribution < -0.4 is 4.74 Å². The van der Waals surface area contributed by atoms with Crippen LogP contribution in [0.25, 0.3) is 10.6 Å². The first kappa shape index (κ1) is 14.8. The fraction of sp³-hybridized carbons (Fsp3) is 0.231. The Labute approximate surface area is 124 Å². The molecule has 2 rings (SSSR count). The summed E-state index contributed by atoms with van der Waals surface area (Å²) in [4.78, 5) is 15.7. The number of thiazole rings is 1. The third kappa shape index (κ3) is 2.92. The van der Waals surface area contributed by atoms with Crippen molar-refractivity contribution in [3.8, 4) is 16.3 Å². The van der Waals surface area contributed by atoms with Crippen molar-refractivity contribution in [3.05, 3.63) is 33.8 Å². The largest absolute Gasteiger partial charge is 0.495 e. The minimum Gasteiger partial charge on any atom is -0.495 e. The van der Waals surface area contributed by atoms with Gasteiger partial charge in [-0.05, 0) is 18.2 Å². The Morgan fingerprint density at radius 3 is 2.75 bits per heavy atom. The van der Waals surface area contributed by atoms with Gasteiger partial charge in [-0.25, -0.2) is 9.78 Å². The Hall–Kier alpha value is -1.63. The Morgan fingerprint density at radius 1 is 1.45 bits per heavy atom. The second kappa shape index (κ2) is 6.21. The molecule has 0 atom stereocenters. The van der Waals surface area contributed by atoms with Crippen molar-refractivity contribution >= 4 is 28.9 Å². The molecule has 1 aromatic carbocycles. The fourth-order valence-electron chi connectivity index (χ4n) is 1.68. The van der Waals surface area contributed by atoms with Crippen LogP contribution in [0.15, 0.2) is 18.2 Å². The Bertz CT molecular complexity index is 641. The van der Waals surface area contributed by atoms with Crippen molar-refractivity contribution in [1.29, 1.82) is 0 Å². The number of ether oxygens (including phenoxy) is 2. The average molecular weight is 314 g/mol. The van der Waals surface area contributed by atoms with E-state index in [2.05, 4.69) is 4.98 Å². The molecule has 0 radical (unpaired) electrons. The van der Waals surface area contributed by atoms with E-state index in [1.165, 1.54) is 14.2 Å². The van der Waals surface area contributed by atoms with Gasteiger partial charge < -0.3 is 14.6 Å². The number of carboxylic acid groups (broad SMARTS) is 1. The predicted molar refractivity (Wildman–Crippen MR) is 76.8 cm³/mol. The molecule has 0 aliphatic carbocycles. The first-order chi connectivity index (χ1) is 9.56. The van der Waals surface area contributed by atoms with Gasteiger partial charge in [0.2, 0.25) is 0 Å². The summed E-state index contributed by atoms with van der Waals surface area (Å²) in [5, 5.41) is 10.2. The minimum atomic E-state index is -1.01. The predicted octanol–water partition coefficient (Wildman–Crippen LogP) is 3.32. The van der Waals surface area contributed by atoms with Crippen LogP contribution in [0.4, 0.5) is 0 Å². The van der Waals surface area contributed by atoms with Gasteiger partial charge in [0.05, 0.1) is 24.4 Å². The molecule has 106 valence electrons. The molecule has 20 heavy (non-hydrogen) atoms. The van der Waals surface area contributed by atoms with Crippen molar-refractivity contribution in [2.75, 3.05) is 14.2 Å². The lowest BCUT2D eigenvalue weighted by Crippen LogP contribution is -1.99. The quantitative estimate of drug-likeness (QED) is 0.917. The molecule has 1 heterocycles. The zero-order valence-electron chi connectivity index (χ0n) is 10.8. The molecule has 0 saturated heterocycles. The lowest BCUT2D eigenvalue weighted by atomic mass is 10.2. The molecule has 0 aliphatic rings. The smallest absolute Gasteiger partial charge is 0.347 e. The molecule has 2 aromatic rings. The molecule has 7 heteroatoms. The van der Waals surface area contributed by atoms with Gasteiger partial charge in [-0.1, -0.05) is 11.6 Å². The molecule has 1 aromatic heterocycles. The zero-order valence-corrected chi connectivity index (χ0v) is 12.4. The second-order valence-electron chi connectivity index (χ2n) is 3.88. The van der Waals surface area contributed by atoms with E-state index in [1.54, 1.807) is 18.2 Å². The van der Waals surface area contributed by atoms with Crippen molar-refractivity contribution in [2.45, 2.75) is 6.61 Å². The SMILES string of the molecule is COCc1nc(-c2ccc(OC)c(Cl)c2)sc1C(=O)O. The highest BCUT2D eigenvalue weighted by molar-refractivity contribution is 7.17. The van der Waals surface area contributed by atoms with E-state index in [-0.39, 0.29) is 11.5 Å². The van der Waals surface area contributed by atoms with Gasteiger partial charge in [0.25, 0.3) is 0 Å². The molecule has 0 saturated carbocycles. The topological polar surface area (TPSA) is 68.7 Å². The standard InChI is InChI=1S/C13H12ClNO4S/c1-18-6-9-11(13(16)17)20-12(15-9)7-3-4-10(19-2)8(14)5-7/h3-5H,6H2,1-2H3,(H,16,17). The number of halogens is 1. The van der Waals surface area contributed by atoms with E-state index in [1.807, 2.05) is 0 Å². The third-order valence-corrected chi connectivity index (χ3v) is 4.00. The van der Waals surface area contributed by atoms with Gasteiger partial charge in [0.15, 0.2) is 0 Å². The summed E-state index contributed by atoms with van der Waals surface area (Å²) in [6, 6.07) is 5.20. The van der Waals surface area contributed by atoms with Gasteiger partial charge in [0, 0.05) is 12.7 Å². The lowest BCUT2D eigenvalue weighted by molar-refractivity contribution is 0.0697. The summed E-state index contributed by atoms with van der Waals surface area (Å²) in [7, 11) is 3.03. The van der Waals surface area contributed by atoms with Crippen LogP contribution in [0.5, 0.6) is 5.75 Å². The summed E-state index contributed by atoms with van der Waals surface area (Å²) in [5.74, 6) is -0.456. The molecular formula is C13H12ClNO4S. The third-order valence-electron chi connectivity index (χ3n) is 2.57. The molecule has 0 amide bonds. The number of aromatic carboxylic acids is 1. The summed E-state index contributed by atoms with van der Waals surface area (Å²) in [6.45, 7) is 0.155. The van der Waals surface area contributed by atoms with Crippen LogP contribution in [0.1, 0.15) is 15.4 Å². The first-order valence-corrected chi connectivity index (χ1v) is 6.82. The summed E-state index contributed by atoms with van der Waals surface area (Å²) in [6.07, 6.45) is 0.